The third-order valence-electron chi connectivity index (χ3n) is 4.25. The average molecular weight is 376 g/mol. The molecule has 0 fully saturated rings. The molecule has 0 aliphatic rings. The van der Waals surface area contributed by atoms with Crippen molar-refractivity contribution < 1.29 is 9.72 Å². The summed E-state index contributed by atoms with van der Waals surface area (Å²) in [5, 5.41) is 13.9. The van der Waals surface area contributed by atoms with Crippen LogP contribution in [0.3, 0.4) is 0 Å². The highest BCUT2D eigenvalue weighted by molar-refractivity contribution is 6.33. The third-order valence-corrected chi connectivity index (χ3v) is 4.58. The fraction of sp³-hybridized carbons (Fsp3) is 0.316. The molecule has 26 heavy (non-hydrogen) atoms. The van der Waals surface area contributed by atoms with Crippen LogP contribution in [-0.4, -0.2) is 28.8 Å². The van der Waals surface area contributed by atoms with Crippen LogP contribution < -0.4 is 5.32 Å². The lowest BCUT2D eigenvalue weighted by molar-refractivity contribution is -0.384. The molecule has 0 aliphatic heterocycles. The van der Waals surface area contributed by atoms with E-state index in [0.29, 0.717) is 6.54 Å². The minimum absolute atomic E-state index is 0.0992. The molecule has 0 heterocycles. The van der Waals surface area contributed by atoms with Gasteiger partial charge in [0.05, 0.1) is 15.5 Å². The van der Waals surface area contributed by atoms with E-state index in [2.05, 4.69) is 24.1 Å². The first-order valence-corrected chi connectivity index (χ1v) is 8.85. The number of amides is 1. The molecule has 0 aliphatic carbocycles. The lowest BCUT2D eigenvalue weighted by Gasteiger charge is -2.20. The van der Waals surface area contributed by atoms with Crippen molar-refractivity contribution in [2.45, 2.75) is 26.9 Å². The fourth-order valence-electron chi connectivity index (χ4n) is 2.64. The number of nitro benzene ring substituents is 1. The second kappa shape index (κ2) is 9.31. The van der Waals surface area contributed by atoms with Crippen molar-refractivity contribution in [3.05, 3.63) is 74.3 Å². The molecule has 138 valence electrons. The summed E-state index contributed by atoms with van der Waals surface area (Å²) in [6.07, 6.45) is 0. The molecule has 1 N–H and O–H groups in total. The fourth-order valence-corrected chi connectivity index (χ4v) is 2.85. The Morgan fingerprint density at radius 3 is 2.42 bits per heavy atom. The van der Waals surface area contributed by atoms with Gasteiger partial charge in [-0.1, -0.05) is 49.7 Å². The first kappa shape index (κ1) is 19.9. The van der Waals surface area contributed by atoms with E-state index in [9.17, 15) is 14.9 Å². The Hall–Kier alpha value is -2.44. The average Bonchev–Trinajstić information content (AvgIpc) is 2.65. The molecule has 2 aromatic rings. The van der Waals surface area contributed by atoms with Crippen LogP contribution in [0.2, 0.25) is 5.02 Å². The Bertz CT molecular complexity index is 791. The maximum Gasteiger partial charge on any atom is 0.270 e. The highest BCUT2D eigenvalue weighted by atomic mass is 35.5. The van der Waals surface area contributed by atoms with Crippen LogP contribution in [0, 0.1) is 10.1 Å². The van der Waals surface area contributed by atoms with Gasteiger partial charge in [0.15, 0.2) is 0 Å². The molecule has 0 saturated heterocycles. The molecular weight excluding hydrogens is 354 g/mol. The Balaban J connectivity index is 2.13. The second-order valence-electron chi connectivity index (χ2n) is 5.83. The lowest BCUT2D eigenvalue weighted by Crippen LogP contribution is -2.26. The number of hydrogen-bond donors (Lipinski definition) is 1. The molecule has 6 nitrogen and oxygen atoms in total. The van der Waals surface area contributed by atoms with E-state index in [1.54, 1.807) is 0 Å². The summed E-state index contributed by atoms with van der Waals surface area (Å²) in [5.41, 5.74) is 2.08. The highest BCUT2D eigenvalue weighted by Gasteiger charge is 2.16. The molecule has 0 bridgehead atoms. The van der Waals surface area contributed by atoms with Gasteiger partial charge >= 0.3 is 0 Å². The van der Waals surface area contributed by atoms with E-state index in [4.69, 9.17) is 11.6 Å². The Labute approximate surface area is 157 Å². The molecule has 2 rings (SSSR count). The third kappa shape index (κ3) is 5.03. The van der Waals surface area contributed by atoms with E-state index in [0.717, 1.165) is 30.8 Å². The van der Waals surface area contributed by atoms with Gasteiger partial charge < -0.3 is 5.32 Å². The van der Waals surface area contributed by atoms with E-state index in [1.165, 1.54) is 18.2 Å². The number of rotatable bonds is 8. The van der Waals surface area contributed by atoms with Crippen molar-refractivity contribution in [1.82, 2.24) is 10.2 Å². The molecule has 1 amide bonds. The van der Waals surface area contributed by atoms with Gasteiger partial charge in [0.1, 0.15) is 0 Å². The number of non-ortho nitro benzene ring substituents is 1. The van der Waals surface area contributed by atoms with Crippen LogP contribution in [0.5, 0.6) is 0 Å². The number of halogens is 1. The van der Waals surface area contributed by atoms with Crippen LogP contribution in [-0.2, 0) is 13.1 Å². The van der Waals surface area contributed by atoms with Gasteiger partial charge in [-0.3, -0.25) is 19.8 Å². The molecule has 0 unspecified atom stereocenters. The molecule has 0 spiro atoms. The van der Waals surface area contributed by atoms with E-state index in [1.807, 2.05) is 24.3 Å². The Morgan fingerprint density at radius 1 is 1.15 bits per heavy atom. The summed E-state index contributed by atoms with van der Waals surface area (Å²) in [4.78, 5) is 25.1. The van der Waals surface area contributed by atoms with E-state index in [-0.39, 0.29) is 16.3 Å². The number of nitrogens with zero attached hydrogens (tertiary/aromatic N) is 2. The van der Waals surface area contributed by atoms with E-state index < -0.39 is 10.8 Å². The first-order chi connectivity index (χ1) is 12.5. The maximum atomic E-state index is 12.4. The maximum absolute atomic E-state index is 12.4. The largest absolute Gasteiger partial charge is 0.348 e. The summed E-state index contributed by atoms with van der Waals surface area (Å²) in [6, 6.07) is 11.7. The minimum atomic E-state index is -0.549. The molecule has 0 atom stereocenters. The topological polar surface area (TPSA) is 75.5 Å². The van der Waals surface area contributed by atoms with Crippen molar-refractivity contribution in [2.75, 3.05) is 13.1 Å². The number of hydrogen-bond acceptors (Lipinski definition) is 4. The van der Waals surface area contributed by atoms with Crippen molar-refractivity contribution in [1.29, 1.82) is 0 Å². The second-order valence-corrected chi connectivity index (χ2v) is 6.24. The zero-order valence-corrected chi connectivity index (χ0v) is 15.6. The van der Waals surface area contributed by atoms with Crippen LogP contribution in [0.15, 0.2) is 42.5 Å². The van der Waals surface area contributed by atoms with Crippen LogP contribution >= 0.6 is 11.6 Å². The summed E-state index contributed by atoms with van der Waals surface area (Å²) in [5.74, 6) is -0.434. The Morgan fingerprint density at radius 2 is 1.81 bits per heavy atom. The predicted molar refractivity (Wildman–Crippen MR) is 102 cm³/mol. The molecule has 0 saturated carbocycles. The van der Waals surface area contributed by atoms with Crippen LogP contribution in [0.4, 0.5) is 5.69 Å². The number of benzene rings is 2. The Kier molecular flexibility index (Phi) is 7.12. The quantitative estimate of drug-likeness (QED) is 0.558. The molecule has 0 radical (unpaired) electrons. The van der Waals surface area contributed by atoms with Crippen molar-refractivity contribution in [3.63, 3.8) is 0 Å². The number of carbonyl (C=O) groups excluding carboxylic acids is 1. The SMILES string of the molecule is CCN(CC)Cc1ccccc1CNC(=O)c1cc([N+](=O)[O-])ccc1Cl. The zero-order valence-electron chi connectivity index (χ0n) is 14.9. The van der Waals surface area contributed by atoms with E-state index >= 15 is 0 Å². The molecule has 0 aromatic heterocycles. The summed E-state index contributed by atoms with van der Waals surface area (Å²) < 4.78 is 0. The van der Waals surface area contributed by atoms with Gasteiger partial charge in [-0.2, -0.15) is 0 Å². The number of nitrogens with one attached hydrogen (secondary N) is 1. The molecule has 2 aromatic carbocycles. The number of carbonyl (C=O) groups is 1. The zero-order chi connectivity index (χ0) is 19.1. The van der Waals surface area contributed by atoms with Crippen LogP contribution in [0.25, 0.3) is 0 Å². The summed E-state index contributed by atoms with van der Waals surface area (Å²) in [6.45, 7) is 7.24. The smallest absolute Gasteiger partial charge is 0.270 e. The minimum Gasteiger partial charge on any atom is -0.348 e. The lowest BCUT2D eigenvalue weighted by atomic mass is 10.1. The van der Waals surface area contributed by atoms with Gasteiger partial charge in [-0.05, 0) is 30.3 Å². The summed E-state index contributed by atoms with van der Waals surface area (Å²) >= 11 is 6.03. The van der Waals surface area contributed by atoms with Gasteiger partial charge in [0.25, 0.3) is 11.6 Å². The monoisotopic (exact) mass is 375 g/mol. The van der Waals surface area contributed by atoms with Crippen molar-refractivity contribution in [3.8, 4) is 0 Å². The molecule has 7 heteroatoms. The van der Waals surface area contributed by atoms with Crippen molar-refractivity contribution in [2.24, 2.45) is 0 Å². The van der Waals surface area contributed by atoms with Crippen molar-refractivity contribution >= 4 is 23.2 Å². The predicted octanol–water partition coefficient (Wildman–Crippen LogP) is 4.02. The van der Waals surface area contributed by atoms with Gasteiger partial charge in [0, 0.05) is 25.2 Å². The van der Waals surface area contributed by atoms with Crippen LogP contribution in [0.1, 0.15) is 35.3 Å². The molecular formula is C19H22ClN3O3. The summed E-state index contributed by atoms with van der Waals surface area (Å²) in [7, 11) is 0. The van der Waals surface area contributed by atoms with Gasteiger partial charge in [0.2, 0.25) is 0 Å². The van der Waals surface area contributed by atoms with Gasteiger partial charge in [-0.25, -0.2) is 0 Å². The number of nitro groups is 1. The van der Waals surface area contributed by atoms with Gasteiger partial charge in [-0.15, -0.1) is 0 Å². The first-order valence-electron chi connectivity index (χ1n) is 8.47. The standard InChI is InChI=1S/C19H22ClN3O3/c1-3-22(4-2)13-15-8-6-5-7-14(15)12-21-19(24)17-11-16(23(25)26)9-10-18(17)20/h5-11H,3-4,12-13H2,1-2H3,(H,21,24). The normalized spacial score (nSPS) is 10.8. The highest BCUT2D eigenvalue weighted by Crippen LogP contribution is 2.22.